The van der Waals surface area contributed by atoms with Gasteiger partial charge >= 0.3 is 0 Å². The van der Waals surface area contributed by atoms with Gasteiger partial charge in [-0.15, -0.1) is 0 Å². The lowest BCUT2D eigenvalue weighted by Gasteiger charge is -2.10. The van der Waals surface area contributed by atoms with Crippen LogP contribution in [0.25, 0.3) is 0 Å². The van der Waals surface area contributed by atoms with Crippen molar-refractivity contribution in [2.24, 2.45) is 0 Å². The first-order valence-electron chi connectivity index (χ1n) is 6.97. The molecule has 0 saturated carbocycles. The molecular weight excluding hydrogens is 286 g/mol. The molecule has 112 valence electrons. The summed E-state index contributed by atoms with van der Waals surface area (Å²) in [6, 6.07) is 1.55. The van der Waals surface area contributed by atoms with E-state index in [-0.39, 0.29) is 5.56 Å². The number of hydrogen-bond acceptors (Lipinski definition) is 6. The van der Waals surface area contributed by atoms with Crippen molar-refractivity contribution >= 4 is 17.6 Å². The number of rotatable bonds is 6. The Hall–Kier alpha value is -1.89. The summed E-state index contributed by atoms with van der Waals surface area (Å²) in [5.41, 5.74) is 1.70. The van der Waals surface area contributed by atoms with Crippen LogP contribution in [0.1, 0.15) is 31.5 Å². The average molecular weight is 305 g/mol. The Morgan fingerprint density at radius 2 is 2.14 bits per heavy atom. The second-order valence-electron chi connectivity index (χ2n) is 4.50. The summed E-state index contributed by atoms with van der Waals surface area (Å²) < 4.78 is 0. The van der Waals surface area contributed by atoms with Gasteiger partial charge in [-0.3, -0.25) is 4.79 Å². The lowest BCUT2D eigenvalue weighted by atomic mass is 10.2. The lowest BCUT2D eigenvalue weighted by Crippen LogP contribution is -2.10. The molecule has 0 amide bonds. The van der Waals surface area contributed by atoms with Crippen molar-refractivity contribution in [1.29, 1.82) is 0 Å². The van der Waals surface area contributed by atoms with E-state index in [9.17, 15) is 4.79 Å². The number of nitrogens with one attached hydrogen (secondary N) is 2. The topological polar surface area (TPSA) is 83.6 Å². The fraction of sp³-hybridized carbons (Fsp3) is 0.429. The summed E-state index contributed by atoms with van der Waals surface area (Å²) in [6.45, 7) is 4.11. The molecule has 0 aliphatic carbocycles. The minimum Gasteiger partial charge on any atom is -0.373 e. The molecule has 0 fully saturated rings. The predicted octanol–water partition coefficient (Wildman–Crippen LogP) is 2.27. The first-order valence-corrected chi connectivity index (χ1v) is 7.79. The number of aromatic nitrogens is 4. The summed E-state index contributed by atoms with van der Waals surface area (Å²) in [6.07, 6.45) is 4.07. The second-order valence-corrected chi connectivity index (χ2v) is 5.48. The van der Waals surface area contributed by atoms with Gasteiger partial charge in [0.1, 0.15) is 17.2 Å². The summed E-state index contributed by atoms with van der Waals surface area (Å²) >= 11 is 1.36. The molecular formula is C14H19N5OS. The highest BCUT2D eigenvalue weighted by molar-refractivity contribution is 7.99. The molecule has 0 spiro atoms. The molecule has 2 rings (SSSR count). The van der Waals surface area contributed by atoms with E-state index < -0.39 is 0 Å². The van der Waals surface area contributed by atoms with E-state index in [4.69, 9.17) is 0 Å². The molecule has 2 aromatic rings. The zero-order valence-corrected chi connectivity index (χ0v) is 13.3. The van der Waals surface area contributed by atoms with Gasteiger partial charge in [0.05, 0.1) is 0 Å². The third kappa shape index (κ3) is 3.81. The second kappa shape index (κ2) is 7.21. The van der Waals surface area contributed by atoms with E-state index in [0.29, 0.717) is 5.16 Å². The molecule has 2 aromatic heterocycles. The fourth-order valence-corrected chi connectivity index (χ4v) is 2.99. The van der Waals surface area contributed by atoms with Crippen molar-refractivity contribution in [3.8, 4) is 0 Å². The highest BCUT2D eigenvalue weighted by Gasteiger charge is 2.12. The maximum Gasteiger partial charge on any atom is 0.251 e. The fourth-order valence-electron chi connectivity index (χ4n) is 2.03. The van der Waals surface area contributed by atoms with Crippen LogP contribution in [-0.2, 0) is 12.8 Å². The van der Waals surface area contributed by atoms with Crippen LogP contribution in [0.5, 0.6) is 0 Å². The number of aromatic amines is 1. The van der Waals surface area contributed by atoms with Crippen LogP contribution in [0, 0.1) is 0 Å². The van der Waals surface area contributed by atoms with E-state index in [0.717, 1.165) is 41.4 Å². The van der Waals surface area contributed by atoms with Crippen LogP contribution in [0.15, 0.2) is 27.4 Å². The number of hydrogen-bond donors (Lipinski definition) is 2. The van der Waals surface area contributed by atoms with E-state index in [1.807, 2.05) is 14.0 Å². The molecule has 6 nitrogen and oxygen atoms in total. The summed E-state index contributed by atoms with van der Waals surface area (Å²) in [5.74, 6) is 0.807. The van der Waals surface area contributed by atoms with Crippen molar-refractivity contribution in [3.63, 3.8) is 0 Å². The van der Waals surface area contributed by atoms with Crippen molar-refractivity contribution in [2.45, 2.75) is 43.3 Å². The van der Waals surface area contributed by atoms with Crippen LogP contribution in [0.3, 0.4) is 0 Å². The molecule has 0 unspecified atom stereocenters. The zero-order valence-electron chi connectivity index (χ0n) is 12.4. The van der Waals surface area contributed by atoms with Crippen LogP contribution in [-0.4, -0.2) is 27.0 Å². The van der Waals surface area contributed by atoms with Crippen LogP contribution < -0.4 is 10.9 Å². The van der Waals surface area contributed by atoms with Gasteiger partial charge in [-0.25, -0.2) is 15.0 Å². The molecule has 2 heterocycles. The van der Waals surface area contributed by atoms with Gasteiger partial charge in [-0.2, -0.15) is 0 Å². The van der Waals surface area contributed by atoms with E-state index in [1.165, 1.54) is 18.1 Å². The van der Waals surface area contributed by atoms with Gasteiger partial charge in [0.25, 0.3) is 5.56 Å². The van der Waals surface area contributed by atoms with Gasteiger partial charge in [0, 0.05) is 24.4 Å². The van der Waals surface area contributed by atoms with E-state index in [2.05, 4.69) is 32.2 Å². The SMILES string of the molecule is CCCc1cc(=O)[nH]c(Sc2ncnc(NC)c2CC)n1. The number of H-pyrrole nitrogens is 1. The van der Waals surface area contributed by atoms with Crippen LogP contribution in [0.4, 0.5) is 5.82 Å². The number of anilines is 1. The normalized spacial score (nSPS) is 10.6. The molecule has 0 bridgehead atoms. The molecule has 0 aromatic carbocycles. The summed E-state index contributed by atoms with van der Waals surface area (Å²) in [5, 5.41) is 4.44. The Morgan fingerprint density at radius 1 is 1.33 bits per heavy atom. The Bertz CT molecular complexity index is 671. The molecule has 0 aliphatic rings. The van der Waals surface area contributed by atoms with Crippen LogP contribution >= 0.6 is 11.8 Å². The highest BCUT2D eigenvalue weighted by Crippen LogP contribution is 2.28. The molecule has 21 heavy (non-hydrogen) atoms. The predicted molar refractivity (Wildman–Crippen MR) is 83.9 cm³/mol. The minimum atomic E-state index is -0.128. The Kier molecular flexibility index (Phi) is 5.32. The third-order valence-electron chi connectivity index (χ3n) is 2.97. The summed E-state index contributed by atoms with van der Waals surface area (Å²) in [7, 11) is 1.83. The molecule has 2 N–H and O–H groups in total. The molecule has 0 radical (unpaired) electrons. The van der Waals surface area contributed by atoms with Gasteiger partial charge in [-0.05, 0) is 24.6 Å². The number of nitrogens with zero attached hydrogens (tertiary/aromatic N) is 3. The maximum absolute atomic E-state index is 11.7. The Labute approximate surface area is 127 Å². The smallest absolute Gasteiger partial charge is 0.251 e. The van der Waals surface area contributed by atoms with Gasteiger partial charge in [-0.1, -0.05) is 20.3 Å². The van der Waals surface area contributed by atoms with Gasteiger partial charge in [0.2, 0.25) is 0 Å². The lowest BCUT2D eigenvalue weighted by molar-refractivity contribution is 0.813. The van der Waals surface area contributed by atoms with Crippen molar-refractivity contribution < 1.29 is 0 Å². The molecule has 7 heteroatoms. The van der Waals surface area contributed by atoms with E-state index >= 15 is 0 Å². The monoisotopic (exact) mass is 305 g/mol. The van der Waals surface area contributed by atoms with Crippen molar-refractivity contribution in [3.05, 3.63) is 34.0 Å². The highest BCUT2D eigenvalue weighted by atomic mass is 32.2. The molecule has 0 atom stereocenters. The largest absolute Gasteiger partial charge is 0.373 e. The Morgan fingerprint density at radius 3 is 2.81 bits per heavy atom. The minimum absolute atomic E-state index is 0.128. The van der Waals surface area contributed by atoms with Gasteiger partial charge in [0.15, 0.2) is 5.16 Å². The first kappa shape index (κ1) is 15.5. The standard InChI is InChI=1S/C14H19N5OS/c1-4-6-9-7-11(20)19-14(18-9)21-13-10(5-2)12(15-3)16-8-17-13/h7-8H,4-6H2,1-3H3,(H,15,16,17)(H,18,19,20). The van der Waals surface area contributed by atoms with Crippen molar-refractivity contribution in [1.82, 2.24) is 19.9 Å². The van der Waals surface area contributed by atoms with E-state index in [1.54, 1.807) is 6.07 Å². The maximum atomic E-state index is 11.7. The Balaban J connectivity index is 2.36. The molecule has 0 aliphatic heterocycles. The third-order valence-corrected chi connectivity index (χ3v) is 3.90. The zero-order chi connectivity index (χ0) is 15.2. The van der Waals surface area contributed by atoms with Crippen molar-refractivity contribution in [2.75, 3.05) is 12.4 Å². The first-order chi connectivity index (χ1) is 10.2. The number of aryl methyl sites for hydroxylation is 1. The van der Waals surface area contributed by atoms with Gasteiger partial charge < -0.3 is 10.3 Å². The average Bonchev–Trinajstić information content (AvgIpc) is 2.46. The quantitative estimate of drug-likeness (QED) is 0.629. The summed E-state index contributed by atoms with van der Waals surface area (Å²) in [4.78, 5) is 27.5. The van der Waals surface area contributed by atoms with Crippen LogP contribution in [0.2, 0.25) is 0 Å². The molecule has 0 saturated heterocycles.